The maximum absolute atomic E-state index is 10.1. The Hall–Kier alpha value is -1.20. The smallest absolute Gasteiger partial charge is 0.134 e. The molecule has 1 atom stereocenters. The molecule has 2 heterocycles. The average molecular weight is 237 g/mol. The molecule has 16 heavy (non-hydrogen) atoms. The lowest BCUT2D eigenvalue weighted by molar-refractivity contribution is 0.219. The molecule has 0 aliphatic rings. The van der Waals surface area contributed by atoms with Crippen LogP contribution in [0.1, 0.15) is 35.7 Å². The van der Waals surface area contributed by atoms with E-state index in [0.29, 0.717) is 0 Å². The number of thiazole rings is 1. The van der Waals surface area contributed by atoms with Crippen molar-refractivity contribution in [2.75, 3.05) is 0 Å². The number of aromatic nitrogens is 3. The van der Waals surface area contributed by atoms with Gasteiger partial charge in [-0.15, -0.1) is 11.3 Å². The van der Waals surface area contributed by atoms with E-state index in [0.717, 1.165) is 29.2 Å². The topological polar surface area (TPSA) is 50.9 Å². The zero-order valence-electron chi connectivity index (χ0n) is 9.42. The second-order valence-electron chi connectivity index (χ2n) is 3.77. The number of rotatable bonds is 4. The summed E-state index contributed by atoms with van der Waals surface area (Å²) in [5.74, 6) is 0. The summed E-state index contributed by atoms with van der Waals surface area (Å²) in [6.07, 6.45) is 3.97. The van der Waals surface area contributed by atoms with Gasteiger partial charge in [0.15, 0.2) is 0 Å². The maximum atomic E-state index is 10.1. The van der Waals surface area contributed by atoms with Crippen LogP contribution in [0.2, 0.25) is 0 Å². The second kappa shape index (κ2) is 4.76. The first-order chi connectivity index (χ1) is 7.70. The number of aliphatic hydroxyl groups is 1. The zero-order chi connectivity index (χ0) is 11.5. The summed E-state index contributed by atoms with van der Waals surface area (Å²) in [4.78, 5) is 4.27. The van der Waals surface area contributed by atoms with Crippen LogP contribution >= 0.6 is 11.3 Å². The molecule has 2 rings (SSSR count). The molecule has 0 radical (unpaired) electrons. The Morgan fingerprint density at radius 2 is 2.38 bits per heavy atom. The largest absolute Gasteiger partial charge is 0.381 e. The van der Waals surface area contributed by atoms with Gasteiger partial charge in [-0.3, -0.25) is 4.68 Å². The van der Waals surface area contributed by atoms with Crippen LogP contribution in [0.25, 0.3) is 0 Å². The molecule has 5 heteroatoms. The fraction of sp³-hybridized carbons (Fsp3) is 0.455. The van der Waals surface area contributed by atoms with Gasteiger partial charge in [0.2, 0.25) is 0 Å². The van der Waals surface area contributed by atoms with Crippen molar-refractivity contribution in [3.8, 4) is 0 Å². The van der Waals surface area contributed by atoms with Gasteiger partial charge < -0.3 is 5.11 Å². The Kier molecular flexibility index (Phi) is 3.36. The van der Waals surface area contributed by atoms with Crippen molar-refractivity contribution in [2.24, 2.45) is 0 Å². The SMILES string of the molecule is CCCn1cc(C(O)c2nc(C)cs2)cn1. The summed E-state index contributed by atoms with van der Waals surface area (Å²) >= 11 is 1.48. The highest BCUT2D eigenvalue weighted by Crippen LogP contribution is 2.24. The van der Waals surface area contributed by atoms with Gasteiger partial charge in [0.05, 0.1) is 6.20 Å². The van der Waals surface area contributed by atoms with E-state index in [9.17, 15) is 5.11 Å². The van der Waals surface area contributed by atoms with Crippen LogP contribution in [0.4, 0.5) is 0 Å². The molecule has 0 aliphatic carbocycles. The summed E-state index contributed by atoms with van der Waals surface area (Å²) in [5, 5.41) is 16.9. The van der Waals surface area contributed by atoms with Crippen LogP contribution in [0.3, 0.4) is 0 Å². The molecular formula is C11H15N3OS. The number of hydrogen-bond acceptors (Lipinski definition) is 4. The van der Waals surface area contributed by atoms with Gasteiger partial charge in [0.1, 0.15) is 11.1 Å². The number of aliphatic hydroxyl groups excluding tert-OH is 1. The van der Waals surface area contributed by atoms with Gasteiger partial charge in [-0.05, 0) is 13.3 Å². The summed E-state index contributed by atoms with van der Waals surface area (Å²) in [5.41, 5.74) is 1.75. The molecule has 0 saturated carbocycles. The minimum Gasteiger partial charge on any atom is -0.381 e. The van der Waals surface area contributed by atoms with Crippen molar-refractivity contribution >= 4 is 11.3 Å². The first kappa shape index (κ1) is 11.3. The van der Waals surface area contributed by atoms with Gasteiger partial charge in [-0.2, -0.15) is 5.10 Å². The zero-order valence-corrected chi connectivity index (χ0v) is 10.2. The minimum absolute atomic E-state index is 0.649. The lowest BCUT2D eigenvalue weighted by Gasteiger charge is -2.03. The Labute approximate surface area is 98.6 Å². The van der Waals surface area contributed by atoms with Crippen LogP contribution in [0, 0.1) is 6.92 Å². The average Bonchev–Trinajstić information content (AvgIpc) is 2.87. The molecule has 4 nitrogen and oxygen atoms in total. The van der Waals surface area contributed by atoms with E-state index in [1.54, 1.807) is 6.20 Å². The normalized spacial score (nSPS) is 12.9. The lowest BCUT2D eigenvalue weighted by atomic mass is 10.2. The van der Waals surface area contributed by atoms with Gasteiger partial charge in [0, 0.05) is 29.4 Å². The molecule has 1 unspecified atom stereocenters. The molecule has 86 valence electrons. The quantitative estimate of drug-likeness (QED) is 0.886. The second-order valence-corrected chi connectivity index (χ2v) is 4.66. The van der Waals surface area contributed by atoms with Crippen molar-refractivity contribution < 1.29 is 5.11 Å². The molecule has 2 aromatic heterocycles. The monoisotopic (exact) mass is 237 g/mol. The molecular weight excluding hydrogens is 222 g/mol. The van der Waals surface area contributed by atoms with Crippen LogP contribution in [-0.2, 0) is 6.54 Å². The molecule has 0 saturated heterocycles. The molecule has 2 aromatic rings. The van der Waals surface area contributed by atoms with Gasteiger partial charge in [-0.1, -0.05) is 6.92 Å². The third-order valence-electron chi connectivity index (χ3n) is 2.29. The maximum Gasteiger partial charge on any atom is 0.134 e. The Morgan fingerprint density at radius 3 is 3.00 bits per heavy atom. The summed E-state index contributed by atoms with van der Waals surface area (Å²) < 4.78 is 1.85. The first-order valence-electron chi connectivity index (χ1n) is 5.33. The lowest BCUT2D eigenvalue weighted by Crippen LogP contribution is -1.99. The summed E-state index contributed by atoms with van der Waals surface area (Å²) in [6.45, 7) is 4.90. The van der Waals surface area contributed by atoms with Crippen LogP contribution < -0.4 is 0 Å². The predicted octanol–water partition coefficient (Wildman–Crippen LogP) is 2.14. The van der Waals surface area contributed by atoms with Crippen molar-refractivity contribution in [3.05, 3.63) is 34.0 Å². The Bertz CT molecular complexity index is 463. The predicted molar refractivity (Wildman–Crippen MR) is 63.4 cm³/mol. The van der Waals surface area contributed by atoms with Gasteiger partial charge >= 0.3 is 0 Å². The van der Waals surface area contributed by atoms with Crippen molar-refractivity contribution in [2.45, 2.75) is 32.9 Å². The number of aryl methyl sites for hydroxylation is 2. The Morgan fingerprint density at radius 1 is 1.56 bits per heavy atom. The molecule has 0 fully saturated rings. The fourth-order valence-electron chi connectivity index (χ4n) is 1.51. The standard InChI is InChI=1S/C11H15N3OS/c1-3-4-14-6-9(5-12-14)10(15)11-13-8(2)7-16-11/h5-7,10,15H,3-4H2,1-2H3. The summed E-state index contributed by atoms with van der Waals surface area (Å²) in [6, 6.07) is 0. The van der Waals surface area contributed by atoms with E-state index in [-0.39, 0.29) is 0 Å². The molecule has 0 amide bonds. The minimum atomic E-state index is -0.649. The van der Waals surface area contributed by atoms with E-state index in [1.165, 1.54) is 11.3 Å². The fourth-order valence-corrected chi connectivity index (χ4v) is 2.32. The van der Waals surface area contributed by atoms with E-state index in [1.807, 2.05) is 23.2 Å². The Balaban J connectivity index is 2.17. The highest BCUT2D eigenvalue weighted by Gasteiger charge is 2.15. The highest BCUT2D eigenvalue weighted by molar-refractivity contribution is 7.09. The first-order valence-corrected chi connectivity index (χ1v) is 6.21. The van der Waals surface area contributed by atoms with Gasteiger partial charge in [-0.25, -0.2) is 4.98 Å². The van der Waals surface area contributed by atoms with E-state index in [2.05, 4.69) is 17.0 Å². The van der Waals surface area contributed by atoms with E-state index < -0.39 is 6.10 Å². The van der Waals surface area contributed by atoms with E-state index >= 15 is 0 Å². The molecule has 0 aliphatic heterocycles. The number of nitrogens with zero attached hydrogens (tertiary/aromatic N) is 3. The molecule has 0 bridgehead atoms. The third kappa shape index (κ3) is 2.31. The third-order valence-corrected chi connectivity index (χ3v) is 3.31. The van der Waals surface area contributed by atoms with Gasteiger partial charge in [0.25, 0.3) is 0 Å². The molecule has 1 N–H and O–H groups in total. The van der Waals surface area contributed by atoms with E-state index in [4.69, 9.17) is 0 Å². The van der Waals surface area contributed by atoms with Crippen molar-refractivity contribution in [3.63, 3.8) is 0 Å². The molecule has 0 spiro atoms. The summed E-state index contributed by atoms with van der Waals surface area (Å²) in [7, 11) is 0. The van der Waals surface area contributed by atoms with Crippen LogP contribution in [0.5, 0.6) is 0 Å². The van der Waals surface area contributed by atoms with Crippen molar-refractivity contribution in [1.29, 1.82) is 0 Å². The number of hydrogen-bond donors (Lipinski definition) is 1. The van der Waals surface area contributed by atoms with Crippen molar-refractivity contribution in [1.82, 2.24) is 14.8 Å². The molecule has 0 aromatic carbocycles. The van der Waals surface area contributed by atoms with Crippen LogP contribution in [0.15, 0.2) is 17.8 Å². The highest BCUT2D eigenvalue weighted by atomic mass is 32.1. The van der Waals surface area contributed by atoms with Crippen LogP contribution in [-0.4, -0.2) is 19.9 Å².